The van der Waals surface area contributed by atoms with Crippen LogP contribution in [0.3, 0.4) is 0 Å². The SMILES string of the molecule is CCNC(=O)NC(=O)C(C)Nc1ccc(NC(=O)C2CC2)cc1. The van der Waals surface area contributed by atoms with Gasteiger partial charge >= 0.3 is 6.03 Å². The lowest BCUT2D eigenvalue weighted by Gasteiger charge is -2.15. The lowest BCUT2D eigenvalue weighted by Crippen LogP contribution is -2.45. The smallest absolute Gasteiger partial charge is 0.321 e. The van der Waals surface area contributed by atoms with E-state index in [-0.39, 0.29) is 11.8 Å². The van der Waals surface area contributed by atoms with Crippen molar-refractivity contribution in [1.29, 1.82) is 0 Å². The summed E-state index contributed by atoms with van der Waals surface area (Å²) in [4.78, 5) is 34.8. The zero-order chi connectivity index (χ0) is 16.8. The fourth-order valence-electron chi connectivity index (χ4n) is 1.98. The van der Waals surface area contributed by atoms with Gasteiger partial charge in [-0.15, -0.1) is 0 Å². The number of rotatable bonds is 6. The monoisotopic (exact) mass is 318 g/mol. The first-order valence-electron chi connectivity index (χ1n) is 7.75. The first kappa shape index (κ1) is 16.8. The van der Waals surface area contributed by atoms with Crippen LogP contribution in [0.2, 0.25) is 0 Å². The second kappa shape index (κ2) is 7.62. The van der Waals surface area contributed by atoms with Crippen molar-refractivity contribution in [2.24, 2.45) is 5.92 Å². The quantitative estimate of drug-likeness (QED) is 0.641. The van der Waals surface area contributed by atoms with Crippen LogP contribution in [0.4, 0.5) is 16.2 Å². The third-order valence-corrected chi connectivity index (χ3v) is 3.45. The lowest BCUT2D eigenvalue weighted by atomic mass is 10.2. The van der Waals surface area contributed by atoms with Crippen LogP contribution in [0, 0.1) is 5.92 Å². The average molecular weight is 318 g/mol. The summed E-state index contributed by atoms with van der Waals surface area (Å²) < 4.78 is 0. The van der Waals surface area contributed by atoms with Gasteiger partial charge in [-0.25, -0.2) is 4.79 Å². The van der Waals surface area contributed by atoms with Crippen LogP contribution >= 0.6 is 0 Å². The Hall–Kier alpha value is -2.57. The van der Waals surface area contributed by atoms with Crippen LogP contribution in [0.1, 0.15) is 26.7 Å². The van der Waals surface area contributed by atoms with Crippen molar-refractivity contribution in [3.05, 3.63) is 24.3 Å². The van der Waals surface area contributed by atoms with Gasteiger partial charge in [-0.05, 0) is 51.0 Å². The van der Waals surface area contributed by atoms with Gasteiger partial charge in [-0.1, -0.05) is 0 Å². The predicted octanol–water partition coefficient (Wildman–Crippen LogP) is 1.68. The van der Waals surface area contributed by atoms with Gasteiger partial charge in [0, 0.05) is 23.8 Å². The molecule has 1 aromatic rings. The van der Waals surface area contributed by atoms with E-state index in [1.807, 2.05) is 0 Å². The molecule has 7 heteroatoms. The number of nitrogens with one attached hydrogen (secondary N) is 4. The van der Waals surface area contributed by atoms with Gasteiger partial charge in [0.25, 0.3) is 0 Å². The largest absolute Gasteiger partial charge is 0.374 e. The number of imide groups is 1. The first-order chi connectivity index (χ1) is 11.0. The number of anilines is 2. The van der Waals surface area contributed by atoms with Crippen LogP contribution in [0.5, 0.6) is 0 Å². The van der Waals surface area contributed by atoms with Crippen LogP contribution < -0.4 is 21.3 Å². The second-order valence-corrected chi connectivity index (χ2v) is 5.56. The number of hydrogen-bond donors (Lipinski definition) is 4. The van der Waals surface area contributed by atoms with Gasteiger partial charge in [0.05, 0.1) is 0 Å². The average Bonchev–Trinajstić information content (AvgIpc) is 3.34. The van der Waals surface area contributed by atoms with E-state index in [0.29, 0.717) is 6.54 Å². The molecule has 0 saturated heterocycles. The number of hydrogen-bond acceptors (Lipinski definition) is 4. The van der Waals surface area contributed by atoms with Crippen molar-refractivity contribution in [2.75, 3.05) is 17.2 Å². The molecule has 0 radical (unpaired) electrons. The standard InChI is InChI=1S/C16H22N4O3/c1-3-17-16(23)20-14(21)10(2)18-12-6-8-13(9-7-12)19-15(22)11-4-5-11/h6-11,18H,3-5H2,1-2H3,(H,19,22)(H2,17,20,21,23). The number of carbonyl (C=O) groups excluding carboxylic acids is 3. The van der Waals surface area contributed by atoms with Crippen LogP contribution in [0.15, 0.2) is 24.3 Å². The topological polar surface area (TPSA) is 99.3 Å². The molecule has 1 aromatic carbocycles. The maximum Gasteiger partial charge on any atom is 0.321 e. The summed E-state index contributed by atoms with van der Waals surface area (Å²) in [7, 11) is 0. The Balaban J connectivity index is 1.83. The molecule has 0 heterocycles. The van der Waals surface area contributed by atoms with Gasteiger partial charge < -0.3 is 16.0 Å². The normalized spacial score (nSPS) is 14.5. The minimum Gasteiger partial charge on any atom is -0.374 e. The van der Waals surface area contributed by atoms with E-state index >= 15 is 0 Å². The Bertz CT molecular complexity index is 581. The highest BCUT2D eigenvalue weighted by Crippen LogP contribution is 2.30. The number of carbonyl (C=O) groups is 3. The molecule has 1 atom stereocenters. The third kappa shape index (κ3) is 5.28. The molecule has 124 valence electrons. The molecular formula is C16H22N4O3. The summed E-state index contributed by atoms with van der Waals surface area (Å²) >= 11 is 0. The van der Waals surface area contributed by atoms with Gasteiger partial charge in [-0.2, -0.15) is 0 Å². The summed E-state index contributed by atoms with van der Waals surface area (Å²) in [5.74, 6) is -0.201. The van der Waals surface area contributed by atoms with Gasteiger partial charge in [0.15, 0.2) is 0 Å². The van der Waals surface area contributed by atoms with Crippen LogP contribution in [0.25, 0.3) is 0 Å². The molecule has 0 spiro atoms. The zero-order valence-electron chi connectivity index (χ0n) is 13.3. The highest BCUT2D eigenvalue weighted by atomic mass is 16.2. The van der Waals surface area contributed by atoms with Crippen molar-refractivity contribution in [1.82, 2.24) is 10.6 Å². The van der Waals surface area contributed by atoms with E-state index in [0.717, 1.165) is 24.2 Å². The fraction of sp³-hybridized carbons (Fsp3) is 0.438. The van der Waals surface area contributed by atoms with Crippen LogP contribution in [-0.2, 0) is 9.59 Å². The maximum absolute atomic E-state index is 11.8. The molecule has 1 fully saturated rings. The number of benzene rings is 1. The van der Waals surface area contributed by atoms with Gasteiger partial charge in [-0.3, -0.25) is 14.9 Å². The number of amides is 4. The summed E-state index contributed by atoms with van der Waals surface area (Å²) in [6.07, 6.45) is 1.92. The van der Waals surface area contributed by atoms with Crippen molar-refractivity contribution in [2.45, 2.75) is 32.7 Å². The molecule has 0 aliphatic heterocycles. The molecule has 1 saturated carbocycles. The van der Waals surface area contributed by atoms with Crippen molar-refractivity contribution in [3.8, 4) is 0 Å². The lowest BCUT2D eigenvalue weighted by molar-refractivity contribution is -0.120. The predicted molar refractivity (Wildman–Crippen MR) is 88.1 cm³/mol. The van der Waals surface area contributed by atoms with Gasteiger partial charge in [0.1, 0.15) is 6.04 Å². The highest BCUT2D eigenvalue weighted by molar-refractivity contribution is 5.98. The van der Waals surface area contributed by atoms with E-state index < -0.39 is 18.0 Å². The zero-order valence-corrected chi connectivity index (χ0v) is 13.3. The summed E-state index contributed by atoms with van der Waals surface area (Å²) in [6, 6.07) is 6.03. The van der Waals surface area contributed by atoms with E-state index in [2.05, 4.69) is 21.3 Å². The molecule has 4 N–H and O–H groups in total. The molecule has 1 aliphatic rings. The van der Waals surface area contributed by atoms with Crippen molar-refractivity contribution < 1.29 is 14.4 Å². The summed E-state index contributed by atoms with van der Waals surface area (Å²) in [5.41, 5.74) is 1.46. The second-order valence-electron chi connectivity index (χ2n) is 5.56. The Labute approximate surface area is 135 Å². The third-order valence-electron chi connectivity index (χ3n) is 3.45. The minimum absolute atomic E-state index is 0.0559. The molecule has 2 rings (SSSR count). The highest BCUT2D eigenvalue weighted by Gasteiger charge is 2.29. The summed E-state index contributed by atoms with van der Waals surface area (Å²) in [5, 5.41) is 10.6. The fourth-order valence-corrected chi connectivity index (χ4v) is 1.98. The molecule has 7 nitrogen and oxygen atoms in total. The van der Waals surface area contributed by atoms with E-state index in [9.17, 15) is 14.4 Å². The first-order valence-corrected chi connectivity index (χ1v) is 7.75. The minimum atomic E-state index is -0.565. The molecular weight excluding hydrogens is 296 g/mol. The van der Waals surface area contributed by atoms with Crippen molar-refractivity contribution in [3.63, 3.8) is 0 Å². The Kier molecular flexibility index (Phi) is 5.56. The molecule has 4 amide bonds. The Morgan fingerprint density at radius 2 is 1.74 bits per heavy atom. The van der Waals surface area contributed by atoms with E-state index in [4.69, 9.17) is 0 Å². The molecule has 0 aromatic heterocycles. The van der Waals surface area contributed by atoms with E-state index in [1.54, 1.807) is 38.1 Å². The van der Waals surface area contributed by atoms with Crippen LogP contribution in [-0.4, -0.2) is 30.4 Å². The molecule has 23 heavy (non-hydrogen) atoms. The molecule has 0 bridgehead atoms. The summed E-state index contributed by atoms with van der Waals surface area (Å²) in [6.45, 7) is 3.89. The number of urea groups is 1. The maximum atomic E-state index is 11.8. The molecule has 1 aliphatic carbocycles. The Morgan fingerprint density at radius 1 is 1.13 bits per heavy atom. The van der Waals surface area contributed by atoms with Crippen molar-refractivity contribution >= 4 is 29.2 Å². The molecule has 1 unspecified atom stereocenters. The Morgan fingerprint density at radius 3 is 2.30 bits per heavy atom. The van der Waals surface area contributed by atoms with Gasteiger partial charge in [0.2, 0.25) is 11.8 Å². The van der Waals surface area contributed by atoms with E-state index in [1.165, 1.54) is 0 Å².